The summed E-state index contributed by atoms with van der Waals surface area (Å²) in [5, 5.41) is 15.5. The molecule has 0 saturated heterocycles. The average Bonchev–Trinajstić information content (AvgIpc) is 3.13. The van der Waals surface area contributed by atoms with Crippen molar-refractivity contribution in [2.75, 3.05) is 24.1 Å². The van der Waals surface area contributed by atoms with Crippen LogP contribution in [0.15, 0.2) is 59.8 Å². The number of ether oxygens (including phenoxy) is 3. The Balaban J connectivity index is 1.44. The SMILES string of the molecule is COc1cccc(C(=O)Nc2ccc3c(c2)/C(=N/O)C(=O)N3Cc2cc(F)cc3c2OCOC3)c1. The number of anilines is 2. The van der Waals surface area contributed by atoms with Gasteiger partial charge in [0.15, 0.2) is 12.5 Å². The lowest BCUT2D eigenvalue weighted by molar-refractivity contribution is -0.112. The molecule has 2 N–H and O–H groups in total. The maximum absolute atomic E-state index is 14.2. The van der Waals surface area contributed by atoms with E-state index >= 15 is 0 Å². The van der Waals surface area contributed by atoms with E-state index in [4.69, 9.17) is 14.2 Å². The Morgan fingerprint density at radius 1 is 1.23 bits per heavy atom. The van der Waals surface area contributed by atoms with Crippen molar-refractivity contribution >= 4 is 28.9 Å². The molecule has 10 heteroatoms. The zero-order valence-corrected chi connectivity index (χ0v) is 18.6. The molecular formula is C25H20FN3O6. The first-order valence-electron chi connectivity index (χ1n) is 10.6. The van der Waals surface area contributed by atoms with Gasteiger partial charge in [-0.2, -0.15) is 0 Å². The third-order valence-corrected chi connectivity index (χ3v) is 5.76. The largest absolute Gasteiger partial charge is 0.497 e. The molecule has 0 saturated carbocycles. The second-order valence-electron chi connectivity index (χ2n) is 7.92. The second kappa shape index (κ2) is 9.07. The minimum absolute atomic E-state index is 0.0134. The third kappa shape index (κ3) is 4.15. The summed E-state index contributed by atoms with van der Waals surface area (Å²) >= 11 is 0. The molecule has 2 heterocycles. The number of nitrogens with one attached hydrogen (secondary N) is 1. The van der Waals surface area contributed by atoms with E-state index in [1.54, 1.807) is 42.5 Å². The number of amides is 2. The Labute approximate surface area is 199 Å². The van der Waals surface area contributed by atoms with Crippen molar-refractivity contribution in [2.45, 2.75) is 13.2 Å². The molecule has 2 amide bonds. The molecule has 0 aromatic heterocycles. The zero-order valence-electron chi connectivity index (χ0n) is 18.6. The van der Waals surface area contributed by atoms with Crippen molar-refractivity contribution in [1.82, 2.24) is 0 Å². The maximum atomic E-state index is 14.2. The van der Waals surface area contributed by atoms with Crippen LogP contribution in [0.5, 0.6) is 11.5 Å². The average molecular weight is 477 g/mol. The fourth-order valence-corrected chi connectivity index (χ4v) is 4.16. The van der Waals surface area contributed by atoms with Crippen LogP contribution in [0.2, 0.25) is 0 Å². The molecule has 2 aliphatic rings. The highest BCUT2D eigenvalue weighted by atomic mass is 19.1. The smallest absolute Gasteiger partial charge is 0.281 e. The highest BCUT2D eigenvalue weighted by Crippen LogP contribution is 2.36. The first kappa shape index (κ1) is 22.4. The molecule has 9 nitrogen and oxygen atoms in total. The number of carbonyl (C=O) groups excluding carboxylic acids is 2. The predicted octanol–water partition coefficient (Wildman–Crippen LogP) is 3.68. The molecule has 0 bridgehead atoms. The van der Waals surface area contributed by atoms with E-state index in [0.717, 1.165) is 0 Å². The topological polar surface area (TPSA) is 110 Å². The van der Waals surface area contributed by atoms with Crippen LogP contribution >= 0.6 is 0 Å². The van der Waals surface area contributed by atoms with Crippen LogP contribution in [0.4, 0.5) is 15.8 Å². The van der Waals surface area contributed by atoms with Gasteiger partial charge < -0.3 is 29.6 Å². The molecule has 178 valence electrons. The van der Waals surface area contributed by atoms with Gasteiger partial charge in [0.2, 0.25) is 0 Å². The van der Waals surface area contributed by atoms with Crippen molar-refractivity contribution in [1.29, 1.82) is 0 Å². The maximum Gasteiger partial charge on any atom is 0.281 e. The van der Waals surface area contributed by atoms with E-state index < -0.39 is 11.7 Å². The number of methoxy groups -OCH3 is 1. The quantitative estimate of drug-likeness (QED) is 0.429. The Morgan fingerprint density at radius 3 is 2.89 bits per heavy atom. The minimum atomic E-state index is -0.566. The van der Waals surface area contributed by atoms with Gasteiger partial charge in [-0.25, -0.2) is 4.39 Å². The molecule has 0 radical (unpaired) electrons. The van der Waals surface area contributed by atoms with Crippen molar-refractivity contribution < 1.29 is 33.4 Å². The van der Waals surface area contributed by atoms with Gasteiger partial charge in [0.05, 0.1) is 25.9 Å². The Hall–Kier alpha value is -4.44. The van der Waals surface area contributed by atoms with E-state index in [0.29, 0.717) is 45.1 Å². The number of fused-ring (bicyclic) bond motifs is 2. The van der Waals surface area contributed by atoms with Crippen LogP contribution in [0.1, 0.15) is 27.0 Å². The number of halogens is 1. The summed E-state index contributed by atoms with van der Waals surface area (Å²) in [5.41, 5.74) is 2.38. The van der Waals surface area contributed by atoms with Crippen LogP contribution in [0, 0.1) is 5.82 Å². The third-order valence-electron chi connectivity index (χ3n) is 5.76. The number of rotatable bonds is 5. The van der Waals surface area contributed by atoms with E-state index in [2.05, 4.69) is 10.5 Å². The van der Waals surface area contributed by atoms with Crippen molar-refractivity contribution in [3.63, 3.8) is 0 Å². The van der Waals surface area contributed by atoms with Crippen LogP contribution < -0.4 is 19.7 Å². The number of nitrogens with zero attached hydrogens (tertiary/aromatic N) is 2. The first-order chi connectivity index (χ1) is 17.0. The highest BCUT2D eigenvalue weighted by molar-refractivity contribution is 6.54. The van der Waals surface area contributed by atoms with Crippen LogP contribution in [-0.2, 0) is 22.7 Å². The van der Waals surface area contributed by atoms with E-state index in [1.165, 1.54) is 24.1 Å². The summed E-state index contributed by atoms with van der Waals surface area (Å²) in [5.74, 6) is -0.422. The van der Waals surface area contributed by atoms with Crippen LogP contribution in [-0.4, -0.2) is 36.6 Å². The van der Waals surface area contributed by atoms with E-state index in [1.807, 2.05) is 0 Å². The van der Waals surface area contributed by atoms with Crippen molar-refractivity contribution in [2.24, 2.45) is 5.16 Å². The number of benzene rings is 3. The van der Waals surface area contributed by atoms with E-state index in [9.17, 15) is 19.2 Å². The van der Waals surface area contributed by atoms with Gasteiger partial charge in [-0.1, -0.05) is 11.2 Å². The summed E-state index contributed by atoms with van der Waals surface area (Å²) < 4.78 is 30.1. The number of carbonyl (C=O) groups is 2. The highest BCUT2D eigenvalue weighted by Gasteiger charge is 2.36. The van der Waals surface area contributed by atoms with Gasteiger partial charge in [-0.05, 0) is 48.5 Å². The zero-order chi connectivity index (χ0) is 24.5. The summed E-state index contributed by atoms with van der Waals surface area (Å²) in [7, 11) is 1.51. The lowest BCUT2D eigenvalue weighted by atomic mass is 10.1. The summed E-state index contributed by atoms with van der Waals surface area (Å²) in [6, 6.07) is 14.1. The molecule has 3 aromatic carbocycles. The second-order valence-corrected chi connectivity index (χ2v) is 7.92. The lowest BCUT2D eigenvalue weighted by Crippen LogP contribution is -2.30. The predicted molar refractivity (Wildman–Crippen MR) is 124 cm³/mol. The lowest BCUT2D eigenvalue weighted by Gasteiger charge is -2.24. The normalized spacial score (nSPS) is 15.4. The van der Waals surface area contributed by atoms with Gasteiger partial charge in [-0.3, -0.25) is 9.59 Å². The summed E-state index contributed by atoms with van der Waals surface area (Å²) in [6.45, 7) is 0.209. The minimum Gasteiger partial charge on any atom is -0.497 e. The summed E-state index contributed by atoms with van der Waals surface area (Å²) in [6.07, 6.45) is 0. The standard InChI is InChI=1S/C25H20FN3O6/c1-33-19-4-2-3-14(9-19)24(30)27-18-5-6-21-20(10-18)22(28-32)25(31)29(21)11-15-7-17(26)8-16-12-34-13-35-23(15)16/h2-10,32H,11-13H2,1H3,(H,27,30)/b28-22-. The first-order valence-corrected chi connectivity index (χ1v) is 10.6. The molecule has 3 aromatic rings. The van der Waals surface area contributed by atoms with Gasteiger partial charge in [0.1, 0.15) is 17.3 Å². The molecule has 2 aliphatic heterocycles. The van der Waals surface area contributed by atoms with Gasteiger partial charge in [-0.15, -0.1) is 0 Å². The van der Waals surface area contributed by atoms with Gasteiger partial charge in [0, 0.05) is 27.9 Å². The summed E-state index contributed by atoms with van der Waals surface area (Å²) in [4.78, 5) is 27.1. The van der Waals surface area contributed by atoms with Crippen molar-refractivity contribution in [3.05, 3.63) is 82.7 Å². The number of hydrogen-bond donors (Lipinski definition) is 2. The molecular weight excluding hydrogens is 457 g/mol. The molecule has 0 spiro atoms. The van der Waals surface area contributed by atoms with E-state index in [-0.39, 0.29) is 31.6 Å². The van der Waals surface area contributed by atoms with Crippen LogP contribution in [0.25, 0.3) is 0 Å². The Morgan fingerprint density at radius 2 is 2.09 bits per heavy atom. The Kier molecular flexibility index (Phi) is 5.79. The molecule has 5 rings (SSSR count). The van der Waals surface area contributed by atoms with Crippen LogP contribution in [0.3, 0.4) is 0 Å². The van der Waals surface area contributed by atoms with Gasteiger partial charge in [0.25, 0.3) is 11.8 Å². The van der Waals surface area contributed by atoms with Crippen molar-refractivity contribution in [3.8, 4) is 11.5 Å². The molecule has 35 heavy (non-hydrogen) atoms. The number of oxime groups is 1. The fourth-order valence-electron chi connectivity index (χ4n) is 4.16. The Bertz CT molecular complexity index is 1370. The van der Waals surface area contributed by atoms with Gasteiger partial charge >= 0.3 is 0 Å². The number of hydrogen-bond acceptors (Lipinski definition) is 7. The molecule has 0 aliphatic carbocycles. The molecule has 0 fully saturated rings. The fraction of sp³-hybridized carbons (Fsp3) is 0.160. The molecule has 0 unspecified atom stereocenters. The molecule has 0 atom stereocenters. The monoisotopic (exact) mass is 477 g/mol.